The fraction of sp³-hybridized carbons (Fsp3) is 0.792. The summed E-state index contributed by atoms with van der Waals surface area (Å²) in [5.74, 6) is -0.880. The Morgan fingerprint density at radius 3 is 0.795 bits per heavy atom. The molecule has 1 unspecified atom stereocenters. The number of unbranched alkanes of at least 4 members (excludes halogenated alkanes) is 39. The maximum atomic E-state index is 13.0. The van der Waals surface area contributed by atoms with E-state index in [0.29, 0.717) is 19.3 Å². The van der Waals surface area contributed by atoms with E-state index in [1.54, 1.807) is 0 Å². The lowest BCUT2D eigenvalue weighted by Crippen LogP contribution is -2.30. The molecular formula is C72H128O6. The molecule has 0 radical (unpaired) electrons. The third-order valence-corrected chi connectivity index (χ3v) is 14.9. The number of hydrogen-bond donors (Lipinski definition) is 0. The molecule has 0 rings (SSSR count). The van der Waals surface area contributed by atoms with Gasteiger partial charge in [-0.15, -0.1) is 0 Å². The highest BCUT2D eigenvalue weighted by Gasteiger charge is 2.19. The minimum Gasteiger partial charge on any atom is -0.462 e. The summed E-state index contributed by atoms with van der Waals surface area (Å²) >= 11 is 0. The molecule has 0 saturated carbocycles. The summed E-state index contributed by atoms with van der Waals surface area (Å²) in [5, 5.41) is 0. The van der Waals surface area contributed by atoms with Gasteiger partial charge in [-0.3, -0.25) is 14.4 Å². The van der Waals surface area contributed by atoms with Gasteiger partial charge in [-0.1, -0.05) is 312 Å². The number of carbonyl (C=O) groups is 3. The third kappa shape index (κ3) is 63.7. The highest BCUT2D eigenvalue weighted by molar-refractivity contribution is 5.71. The van der Waals surface area contributed by atoms with Crippen molar-refractivity contribution >= 4 is 17.9 Å². The summed E-state index contributed by atoms with van der Waals surface area (Å²) in [6.07, 6.45) is 86.2. The Morgan fingerprint density at radius 1 is 0.269 bits per heavy atom. The highest BCUT2D eigenvalue weighted by atomic mass is 16.6. The Bertz CT molecular complexity index is 1440. The maximum Gasteiger partial charge on any atom is 0.306 e. The molecule has 0 aliphatic rings. The Labute approximate surface area is 484 Å². The molecule has 78 heavy (non-hydrogen) atoms. The number of allylic oxidation sites excluding steroid dienone is 12. The average molecular weight is 1090 g/mol. The lowest BCUT2D eigenvalue weighted by molar-refractivity contribution is -0.167. The van der Waals surface area contributed by atoms with Crippen LogP contribution in [0.2, 0.25) is 0 Å². The number of carbonyl (C=O) groups excluding carboxylic acids is 3. The van der Waals surface area contributed by atoms with Crippen LogP contribution >= 0.6 is 0 Å². The Balaban J connectivity index is 4.39. The highest BCUT2D eigenvalue weighted by Crippen LogP contribution is 2.17. The van der Waals surface area contributed by atoms with Crippen LogP contribution < -0.4 is 0 Å². The molecule has 1 atom stereocenters. The van der Waals surface area contributed by atoms with Crippen LogP contribution in [0.3, 0.4) is 0 Å². The van der Waals surface area contributed by atoms with Crippen LogP contribution in [0.4, 0.5) is 0 Å². The topological polar surface area (TPSA) is 78.9 Å². The van der Waals surface area contributed by atoms with E-state index < -0.39 is 6.10 Å². The quantitative estimate of drug-likeness (QED) is 0.0261. The van der Waals surface area contributed by atoms with Crippen LogP contribution in [-0.4, -0.2) is 37.2 Å². The molecule has 0 fully saturated rings. The summed E-state index contributed by atoms with van der Waals surface area (Å²) in [5.41, 5.74) is 0. The first-order valence-corrected chi connectivity index (χ1v) is 33.9. The summed E-state index contributed by atoms with van der Waals surface area (Å²) in [7, 11) is 0. The van der Waals surface area contributed by atoms with Crippen molar-refractivity contribution in [2.45, 2.75) is 354 Å². The molecule has 6 heteroatoms. The fourth-order valence-electron chi connectivity index (χ4n) is 9.88. The Hall–Kier alpha value is -3.15. The van der Waals surface area contributed by atoms with E-state index in [1.807, 2.05) is 0 Å². The average Bonchev–Trinajstić information content (AvgIpc) is 3.44. The van der Waals surface area contributed by atoms with Crippen molar-refractivity contribution in [3.05, 3.63) is 72.9 Å². The van der Waals surface area contributed by atoms with E-state index >= 15 is 0 Å². The molecule has 6 nitrogen and oxygen atoms in total. The maximum absolute atomic E-state index is 13.0. The van der Waals surface area contributed by atoms with Crippen molar-refractivity contribution in [1.29, 1.82) is 0 Å². The van der Waals surface area contributed by atoms with E-state index in [1.165, 1.54) is 199 Å². The molecule has 0 saturated heterocycles. The van der Waals surface area contributed by atoms with Crippen LogP contribution in [0.1, 0.15) is 348 Å². The van der Waals surface area contributed by atoms with Crippen molar-refractivity contribution in [2.24, 2.45) is 0 Å². The van der Waals surface area contributed by atoms with Crippen molar-refractivity contribution < 1.29 is 28.6 Å². The molecule has 0 aliphatic carbocycles. The van der Waals surface area contributed by atoms with Crippen LogP contribution in [0, 0.1) is 0 Å². The molecule has 0 aromatic rings. The van der Waals surface area contributed by atoms with Gasteiger partial charge in [0.05, 0.1) is 0 Å². The standard InChI is InChI=1S/C72H128O6/c1-4-7-10-13-16-19-22-25-28-31-34-36-39-41-44-47-50-53-56-59-62-65-71(74)77-68-69(67-76-70(73)64-61-58-55-52-49-46-43-40-37-33-30-27-24-21-18-15-12-9-6-3)78-72(75)66-63-60-57-54-51-48-45-42-38-35-32-29-26-23-20-17-14-11-8-5-2/h7,10,16,19,25,27-28,30,34,36,41,44,69H,4-6,8-9,11-15,17-18,20-24,26,29,31-33,35,37-40,42-43,45-68H2,1-3H3/b10-7-,19-16-,28-25-,30-27-,36-34-,44-41-. The summed E-state index contributed by atoms with van der Waals surface area (Å²) in [6, 6.07) is 0. The fourth-order valence-corrected chi connectivity index (χ4v) is 9.88. The zero-order valence-corrected chi connectivity index (χ0v) is 51.9. The molecule has 0 aromatic heterocycles. The normalized spacial score (nSPS) is 12.5. The Morgan fingerprint density at radius 2 is 0.500 bits per heavy atom. The van der Waals surface area contributed by atoms with Crippen LogP contribution in [0.25, 0.3) is 0 Å². The first kappa shape index (κ1) is 74.8. The molecule has 0 N–H and O–H groups in total. The molecule has 0 amide bonds. The van der Waals surface area contributed by atoms with E-state index in [4.69, 9.17) is 14.2 Å². The molecule has 0 aromatic carbocycles. The summed E-state index contributed by atoms with van der Waals surface area (Å²) in [6.45, 7) is 6.56. The lowest BCUT2D eigenvalue weighted by Gasteiger charge is -2.18. The Kier molecular flexibility index (Phi) is 63.7. The largest absolute Gasteiger partial charge is 0.462 e. The van der Waals surface area contributed by atoms with Crippen molar-refractivity contribution in [3.63, 3.8) is 0 Å². The van der Waals surface area contributed by atoms with Gasteiger partial charge in [0.15, 0.2) is 6.10 Å². The molecule has 0 heterocycles. The number of ether oxygens (including phenoxy) is 3. The molecule has 452 valence electrons. The minimum absolute atomic E-state index is 0.0795. The van der Waals surface area contributed by atoms with E-state index in [2.05, 4.69) is 93.7 Å². The number of rotatable bonds is 62. The SMILES string of the molecule is CC/C=C\C/C=C\C/C=C\C/C=C\C/C=C\CCCCCCCC(=O)OCC(COC(=O)CCCCCCCCCCC/C=C\CCCCCCCC)OC(=O)CCCCCCCCCCCCCCCCCCCCCC. The van der Waals surface area contributed by atoms with Gasteiger partial charge < -0.3 is 14.2 Å². The van der Waals surface area contributed by atoms with Gasteiger partial charge in [-0.25, -0.2) is 0 Å². The number of hydrogen-bond acceptors (Lipinski definition) is 6. The van der Waals surface area contributed by atoms with Gasteiger partial charge in [0.25, 0.3) is 0 Å². The van der Waals surface area contributed by atoms with Crippen LogP contribution in [0.5, 0.6) is 0 Å². The second-order valence-corrected chi connectivity index (χ2v) is 22.7. The van der Waals surface area contributed by atoms with Gasteiger partial charge in [0.1, 0.15) is 13.2 Å². The molecular weight excluding hydrogens is 961 g/mol. The van der Waals surface area contributed by atoms with Gasteiger partial charge in [0, 0.05) is 19.3 Å². The smallest absolute Gasteiger partial charge is 0.306 e. The van der Waals surface area contributed by atoms with Gasteiger partial charge >= 0.3 is 17.9 Å². The van der Waals surface area contributed by atoms with Crippen molar-refractivity contribution in [1.82, 2.24) is 0 Å². The van der Waals surface area contributed by atoms with Crippen molar-refractivity contribution in [2.75, 3.05) is 13.2 Å². The first-order valence-electron chi connectivity index (χ1n) is 33.9. The molecule has 0 bridgehead atoms. The van der Waals surface area contributed by atoms with Crippen LogP contribution in [0.15, 0.2) is 72.9 Å². The first-order chi connectivity index (χ1) is 38.5. The second-order valence-electron chi connectivity index (χ2n) is 22.7. The minimum atomic E-state index is -0.785. The van der Waals surface area contributed by atoms with E-state index in [9.17, 15) is 14.4 Å². The van der Waals surface area contributed by atoms with E-state index in [-0.39, 0.29) is 31.1 Å². The predicted octanol–water partition coefficient (Wildman–Crippen LogP) is 23.3. The zero-order chi connectivity index (χ0) is 56.4. The van der Waals surface area contributed by atoms with Gasteiger partial charge in [0.2, 0.25) is 0 Å². The summed E-state index contributed by atoms with van der Waals surface area (Å²) in [4.78, 5) is 38.4. The monoisotopic (exact) mass is 1090 g/mol. The summed E-state index contributed by atoms with van der Waals surface area (Å²) < 4.78 is 17.0. The zero-order valence-electron chi connectivity index (χ0n) is 51.9. The van der Waals surface area contributed by atoms with Crippen LogP contribution in [-0.2, 0) is 28.6 Å². The number of esters is 3. The predicted molar refractivity (Wildman–Crippen MR) is 339 cm³/mol. The lowest BCUT2D eigenvalue weighted by atomic mass is 10.0. The van der Waals surface area contributed by atoms with Gasteiger partial charge in [-0.2, -0.15) is 0 Å². The molecule has 0 aliphatic heterocycles. The van der Waals surface area contributed by atoms with Gasteiger partial charge in [-0.05, 0) is 89.9 Å². The molecule has 0 spiro atoms. The van der Waals surface area contributed by atoms with Crippen molar-refractivity contribution in [3.8, 4) is 0 Å². The van der Waals surface area contributed by atoms with E-state index in [0.717, 1.165) is 109 Å². The third-order valence-electron chi connectivity index (χ3n) is 14.9. The second kappa shape index (κ2) is 66.4.